The number of hydrogen-bond donors (Lipinski definition) is 0. The normalized spacial score (nSPS) is 17.0. The molecule has 2 aromatic carbocycles. The Morgan fingerprint density at radius 2 is 1.92 bits per heavy atom. The zero-order chi connectivity index (χ0) is 18.0. The van der Waals surface area contributed by atoms with Crippen LogP contribution in [0.5, 0.6) is 5.75 Å². The van der Waals surface area contributed by atoms with Crippen molar-refractivity contribution >= 4 is 40.8 Å². The molecule has 25 heavy (non-hydrogen) atoms. The minimum Gasteiger partial charge on any atom is -0.426 e. The van der Waals surface area contributed by atoms with E-state index in [2.05, 4.69) is 6.92 Å². The number of esters is 1. The van der Waals surface area contributed by atoms with E-state index in [1.807, 2.05) is 12.1 Å². The van der Waals surface area contributed by atoms with Gasteiger partial charge < -0.3 is 9.64 Å². The lowest BCUT2D eigenvalue weighted by molar-refractivity contribution is -0.139. The van der Waals surface area contributed by atoms with Crippen LogP contribution < -0.4 is 9.64 Å². The molecule has 0 radical (unpaired) electrons. The monoisotopic (exact) mass is 377 g/mol. The van der Waals surface area contributed by atoms with Crippen molar-refractivity contribution in [2.24, 2.45) is 5.92 Å². The maximum absolute atomic E-state index is 12.4. The molecular formula is C19H17Cl2NO3. The topological polar surface area (TPSA) is 46.6 Å². The molecule has 1 aliphatic rings. The van der Waals surface area contributed by atoms with E-state index in [4.69, 9.17) is 27.9 Å². The van der Waals surface area contributed by atoms with E-state index in [1.54, 1.807) is 30.3 Å². The second-order valence-electron chi connectivity index (χ2n) is 5.92. The molecule has 0 spiro atoms. The van der Waals surface area contributed by atoms with Crippen LogP contribution in [0.25, 0.3) is 0 Å². The van der Waals surface area contributed by atoms with Gasteiger partial charge in [-0.2, -0.15) is 0 Å². The molecular weight excluding hydrogens is 361 g/mol. The first kappa shape index (κ1) is 17.8. The molecule has 1 heterocycles. The number of anilines is 1. The predicted octanol–water partition coefficient (Wildman–Crippen LogP) is 4.51. The van der Waals surface area contributed by atoms with Crippen molar-refractivity contribution in [1.82, 2.24) is 0 Å². The third-order valence-electron chi connectivity index (χ3n) is 4.21. The van der Waals surface area contributed by atoms with E-state index in [9.17, 15) is 9.59 Å². The third-order valence-corrected chi connectivity index (χ3v) is 4.76. The molecule has 4 nitrogen and oxygen atoms in total. The molecule has 0 saturated carbocycles. The van der Waals surface area contributed by atoms with Gasteiger partial charge >= 0.3 is 5.97 Å². The summed E-state index contributed by atoms with van der Waals surface area (Å²) in [5.41, 5.74) is 1.68. The summed E-state index contributed by atoms with van der Waals surface area (Å²) in [5, 5.41) is 0.899. The number of nitrogens with zero attached hydrogens (tertiary/aromatic N) is 1. The van der Waals surface area contributed by atoms with Gasteiger partial charge in [0.05, 0.1) is 16.6 Å². The second-order valence-corrected chi connectivity index (χ2v) is 6.76. The van der Waals surface area contributed by atoms with Gasteiger partial charge in [0.25, 0.3) is 0 Å². The summed E-state index contributed by atoms with van der Waals surface area (Å²) in [6, 6.07) is 12.3. The Bertz CT molecular complexity index is 805. The van der Waals surface area contributed by atoms with E-state index in [-0.39, 0.29) is 18.9 Å². The molecule has 1 atom stereocenters. The van der Waals surface area contributed by atoms with Gasteiger partial charge in [-0.1, -0.05) is 42.3 Å². The summed E-state index contributed by atoms with van der Waals surface area (Å²) < 4.78 is 5.41. The SMILES string of the molecule is CCc1ccc(OC(=O)[C@@H]2CC(=O)N(c3cc(Cl)ccc3Cl)C2)cc1. The van der Waals surface area contributed by atoms with Crippen molar-refractivity contribution in [3.63, 3.8) is 0 Å². The van der Waals surface area contributed by atoms with Crippen LogP contribution in [0.15, 0.2) is 42.5 Å². The van der Waals surface area contributed by atoms with Gasteiger partial charge in [0.1, 0.15) is 5.75 Å². The molecule has 0 bridgehead atoms. The maximum atomic E-state index is 12.4. The second kappa shape index (κ2) is 7.46. The highest BCUT2D eigenvalue weighted by molar-refractivity contribution is 6.35. The highest BCUT2D eigenvalue weighted by Crippen LogP contribution is 2.33. The van der Waals surface area contributed by atoms with Crippen LogP contribution in [0.4, 0.5) is 5.69 Å². The van der Waals surface area contributed by atoms with E-state index >= 15 is 0 Å². The summed E-state index contributed by atoms with van der Waals surface area (Å²) >= 11 is 12.1. The molecule has 6 heteroatoms. The van der Waals surface area contributed by atoms with Crippen LogP contribution in [0.2, 0.25) is 10.0 Å². The predicted molar refractivity (Wildman–Crippen MR) is 98.4 cm³/mol. The summed E-state index contributed by atoms with van der Waals surface area (Å²) in [4.78, 5) is 26.2. The average molecular weight is 378 g/mol. The van der Waals surface area contributed by atoms with Crippen LogP contribution in [-0.2, 0) is 16.0 Å². The molecule has 1 aliphatic heterocycles. The average Bonchev–Trinajstić information content (AvgIpc) is 2.99. The van der Waals surface area contributed by atoms with Gasteiger partial charge in [0.2, 0.25) is 5.91 Å². The largest absolute Gasteiger partial charge is 0.426 e. The van der Waals surface area contributed by atoms with Crippen LogP contribution in [0, 0.1) is 5.92 Å². The van der Waals surface area contributed by atoms with Crippen molar-refractivity contribution in [2.75, 3.05) is 11.4 Å². The smallest absolute Gasteiger partial charge is 0.316 e. The Kier molecular flexibility index (Phi) is 5.30. The number of aryl methyl sites for hydroxylation is 1. The fourth-order valence-electron chi connectivity index (χ4n) is 2.78. The lowest BCUT2D eigenvalue weighted by atomic mass is 10.1. The Morgan fingerprint density at radius 3 is 2.60 bits per heavy atom. The molecule has 130 valence electrons. The summed E-state index contributed by atoms with van der Waals surface area (Å²) in [6.45, 7) is 2.28. The first-order chi connectivity index (χ1) is 12.0. The number of carbonyl (C=O) groups excluding carboxylic acids is 2. The van der Waals surface area contributed by atoms with Crippen molar-refractivity contribution in [3.8, 4) is 5.75 Å². The summed E-state index contributed by atoms with van der Waals surface area (Å²) in [6.07, 6.45) is 1.01. The van der Waals surface area contributed by atoms with Crippen molar-refractivity contribution < 1.29 is 14.3 Å². The fraction of sp³-hybridized carbons (Fsp3) is 0.263. The zero-order valence-electron chi connectivity index (χ0n) is 13.7. The first-order valence-electron chi connectivity index (χ1n) is 8.04. The van der Waals surface area contributed by atoms with Crippen molar-refractivity contribution in [3.05, 3.63) is 58.1 Å². The zero-order valence-corrected chi connectivity index (χ0v) is 15.2. The number of amides is 1. The molecule has 1 amide bonds. The highest BCUT2D eigenvalue weighted by atomic mass is 35.5. The number of carbonyl (C=O) groups is 2. The summed E-state index contributed by atoms with van der Waals surface area (Å²) in [7, 11) is 0. The molecule has 0 N–H and O–H groups in total. The number of benzene rings is 2. The van der Waals surface area contributed by atoms with Crippen LogP contribution >= 0.6 is 23.2 Å². The van der Waals surface area contributed by atoms with E-state index < -0.39 is 11.9 Å². The molecule has 0 aromatic heterocycles. The van der Waals surface area contributed by atoms with Gasteiger partial charge in [-0.25, -0.2) is 0 Å². The molecule has 3 rings (SSSR count). The van der Waals surface area contributed by atoms with Gasteiger partial charge in [-0.05, 0) is 42.3 Å². The van der Waals surface area contributed by atoms with E-state index in [0.29, 0.717) is 21.5 Å². The lowest BCUT2D eigenvalue weighted by Gasteiger charge is -2.18. The van der Waals surface area contributed by atoms with Crippen LogP contribution in [-0.4, -0.2) is 18.4 Å². The van der Waals surface area contributed by atoms with Crippen molar-refractivity contribution in [2.45, 2.75) is 19.8 Å². The molecule has 1 saturated heterocycles. The standard InChI is InChI=1S/C19H17Cl2NO3/c1-2-12-3-6-15(7-4-12)25-19(24)13-9-18(23)22(11-13)17-10-14(20)5-8-16(17)21/h3-8,10,13H,2,9,11H2,1H3/t13-/m1/s1. The quantitative estimate of drug-likeness (QED) is 0.581. The first-order valence-corrected chi connectivity index (χ1v) is 8.79. The minimum atomic E-state index is -0.534. The summed E-state index contributed by atoms with van der Waals surface area (Å²) in [5.74, 6) is -0.645. The number of ether oxygens (including phenoxy) is 1. The fourth-order valence-corrected chi connectivity index (χ4v) is 3.17. The van der Waals surface area contributed by atoms with Gasteiger partial charge in [-0.15, -0.1) is 0 Å². The number of halogens is 2. The Morgan fingerprint density at radius 1 is 1.20 bits per heavy atom. The molecule has 2 aromatic rings. The van der Waals surface area contributed by atoms with Crippen molar-refractivity contribution in [1.29, 1.82) is 0 Å². The maximum Gasteiger partial charge on any atom is 0.316 e. The van der Waals surface area contributed by atoms with Gasteiger partial charge in [0, 0.05) is 18.0 Å². The Balaban J connectivity index is 1.71. The van der Waals surface area contributed by atoms with Gasteiger partial charge in [-0.3, -0.25) is 9.59 Å². The highest BCUT2D eigenvalue weighted by Gasteiger charge is 2.37. The van der Waals surface area contributed by atoms with E-state index in [0.717, 1.165) is 12.0 Å². The van der Waals surface area contributed by atoms with Crippen LogP contribution in [0.1, 0.15) is 18.9 Å². The number of rotatable bonds is 4. The lowest BCUT2D eigenvalue weighted by Crippen LogP contribution is -2.27. The third kappa shape index (κ3) is 3.97. The minimum absolute atomic E-state index is 0.0920. The van der Waals surface area contributed by atoms with E-state index in [1.165, 1.54) is 4.90 Å². The molecule has 0 aliphatic carbocycles. The van der Waals surface area contributed by atoms with Gasteiger partial charge in [0.15, 0.2) is 0 Å². The Labute approximate surface area is 156 Å². The molecule has 1 fully saturated rings. The number of hydrogen-bond acceptors (Lipinski definition) is 3. The van der Waals surface area contributed by atoms with Crippen LogP contribution in [0.3, 0.4) is 0 Å². The molecule has 0 unspecified atom stereocenters. The Hall–Kier alpha value is -2.04.